The Morgan fingerprint density at radius 2 is 2.30 bits per heavy atom. The van der Waals surface area contributed by atoms with E-state index < -0.39 is 0 Å². The van der Waals surface area contributed by atoms with Gasteiger partial charge in [0, 0.05) is 12.6 Å². The highest BCUT2D eigenvalue weighted by Gasteiger charge is 2.32. The largest absolute Gasteiger partial charge is 0.442 e. The van der Waals surface area contributed by atoms with Crippen LogP contribution in [0.5, 0.6) is 0 Å². The second-order valence-corrected chi connectivity index (χ2v) is 4.97. The molecule has 1 aromatic rings. The number of rotatable bonds is 5. The molecule has 5 heteroatoms. The smallest absolute Gasteiger partial charge is 0.414 e. The van der Waals surface area contributed by atoms with Crippen LogP contribution in [0, 0.1) is 0 Å². The molecule has 1 N–H and O–H groups in total. The van der Waals surface area contributed by atoms with E-state index in [2.05, 4.69) is 18.3 Å². The van der Waals surface area contributed by atoms with Crippen molar-refractivity contribution in [1.29, 1.82) is 0 Å². The van der Waals surface area contributed by atoms with Crippen LogP contribution in [0.2, 0.25) is 0 Å². The third-order valence-electron chi connectivity index (χ3n) is 3.21. The van der Waals surface area contributed by atoms with Gasteiger partial charge in [-0.05, 0) is 24.1 Å². The molecule has 0 saturated carbocycles. The lowest BCUT2D eigenvalue weighted by atomic mass is 10.1. The van der Waals surface area contributed by atoms with Gasteiger partial charge in [-0.15, -0.1) is 0 Å². The Kier molecular flexibility index (Phi) is 4.61. The molecule has 20 heavy (non-hydrogen) atoms. The molecule has 108 valence electrons. The Morgan fingerprint density at radius 1 is 1.50 bits per heavy atom. The van der Waals surface area contributed by atoms with E-state index in [4.69, 9.17) is 4.74 Å². The van der Waals surface area contributed by atoms with Gasteiger partial charge in [0.2, 0.25) is 5.91 Å². The summed E-state index contributed by atoms with van der Waals surface area (Å²) in [5.74, 6) is -0.121. The van der Waals surface area contributed by atoms with Gasteiger partial charge in [-0.25, -0.2) is 4.79 Å². The Bertz CT molecular complexity index is 502. The van der Waals surface area contributed by atoms with Crippen LogP contribution >= 0.6 is 0 Å². The fourth-order valence-electron chi connectivity index (χ4n) is 2.26. The van der Waals surface area contributed by atoms with E-state index in [1.807, 2.05) is 18.2 Å². The van der Waals surface area contributed by atoms with Crippen molar-refractivity contribution in [1.82, 2.24) is 5.32 Å². The maximum Gasteiger partial charge on any atom is 0.414 e. The number of benzene rings is 1. The van der Waals surface area contributed by atoms with Gasteiger partial charge in [0.05, 0.1) is 13.1 Å². The van der Waals surface area contributed by atoms with Gasteiger partial charge < -0.3 is 10.1 Å². The predicted molar refractivity (Wildman–Crippen MR) is 76.7 cm³/mol. The minimum Gasteiger partial charge on any atom is -0.442 e. The van der Waals surface area contributed by atoms with E-state index in [0.29, 0.717) is 13.1 Å². The number of nitrogens with zero attached hydrogens (tertiary/aromatic N) is 1. The van der Waals surface area contributed by atoms with Crippen molar-refractivity contribution in [2.45, 2.75) is 32.8 Å². The van der Waals surface area contributed by atoms with E-state index in [0.717, 1.165) is 18.5 Å². The van der Waals surface area contributed by atoms with Crippen molar-refractivity contribution in [3.8, 4) is 0 Å². The number of ether oxygens (including phenoxy) is 1. The highest BCUT2D eigenvalue weighted by Crippen LogP contribution is 2.23. The Hall–Kier alpha value is -2.04. The molecule has 0 spiro atoms. The lowest BCUT2D eigenvalue weighted by Crippen LogP contribution is -2.33. The van der Waals surface area contributed by atoms with Crippen LogP contribution in [0.3, 0.4) is 0 Å². The quantitative estimate of drug-likeness (QED) is 0.896. The predicted octanol–water partition coefficient (Wildman–Crippen LogP) is 2.10. The van der Waals surface area contributed by atoms with Gasteiger partial charge in [-0.1, -0.05) is 25.5 Å². The van der Waals surface area contributed by atoms with E-state index in [1.165, 1.54) is 12.5 Å². The first kappa shape index (κ1) is 14.4. The van der Waals surface area contributed by atoms with Gasteiger partial charge in [0.1, 0.15) is 6.10 Å². The molecule has 0 aliphatic carbocycles. The van der Waals surface area contributed by atoms with Crippen molar-refractivity contribution < 1.29 is 14.3 Å². The zero-order valence-corrected chi connectivity index (χ0v) is 11.9. The first-order chi connectivity index (χ1) is 9.60. The number of nitrogens with one attached hydrogen (secondary N) is 1. The van der Waals surface area contributed by atoms with Gasteiger partial charge in [-0.2, -0.15) is 0 Å². The molecular formula is C15H20N2O3. The minimum atomic E-state index is -0.353. The number of hydrogen-bond acceptors (Lipinski definition) is 3. The Morgan fingerprint density at radius 3 is 3.00 bits per heavy atom. The van der Waals surface area contributed by atoms with Crippen LogP contribution in [0.1, 0.15) is 25.8 Å². The van der Waals surface area contributed by atoms with Crippen LogP contribution in [0.4, 0.5) is 10.5 Å². The Balaban J connectivity index is 2.03. The number of anilines is 1. The average molecular weight is 276 g/mol. The van der Waals surface area contributed by atoms with Crippen molar-refractivity contribution in [3.63, 3.8) is 0 Å². The minimum absolute atomic E-state index is 0.121. The summed E-state index contributed by atoms with van der Waals surface area (Å²) >= 11 is 0. The highest BCUT2D eigenvalue weighted by molar-refractivity contribution is 5.89. The molecular weight excluding hydrogens is 256 g/mol. The second-order valence-electron chi connectivity index (χ2n) is 4.97. The number of cyclic esters (lactones) is 1. The molecule has 1 saturated heterocycles. The maximum absolute atomic E-state index is 11.9. The number of carbonyl (C=O) groups excluding carboxylic acids is 2. The van der Waals surface area contributed by atoms with Crippen LogP contribution in [0.25, 0.3) is 0 Å². The molecule has 1 heterocycles. The number of hydrogen-bond donors (Lipinski definition) is 1. The van der Waals surface area contributed by atoms with Crippen LogP contribution in [-0.4, -0.2) is 31.2 Å². The summed E-state index contributed by atoms with van der Waals surface area (Å²) in [6, 6.07) is 7.94. The third kappa shape index (κ3) is 3.50. The molecule has 1 unspecified atom stereocenters. The number of amides is 2. The van der Waals surface area contributed by atoms with Crippen molar-refractivity contribution >= 4 is 17.7 Å². The topological polar surface area (TPSA) is 58.6 Å². The normalized spacial score (nSPS) is 18.0. The molecule has 1 aliphatic heterocycles. The summed E-state index contributed by atoms with van der Waals surface area (Å²) in [7, 11) is 0. The molecule has 2 rings (SSSR count). The lowest BCUT2D eigenvalue weighted by Gasteiger charge is -2.14. The van der Waals surface area contributed by atoms with E-state index in [-0.39, 0.29) is 18.1 Å². The van der Waals surface area contributed by atoms with E-state index >= 15 is 0 Å². The van der Waals surface area contributed by atoms with Crippen molar-refractivity contribution in [2.24, 2.45) is 0 Å². The second kappa shape index (κ2) is 6.41. The summed E-state index contributed by atoms with van der Waals surface area (Å²) in [5.41, 5.74) is 2.06. The van der Waals surface area contributed by atoms with Crippen LogP contribution in [-0.2, 0) is 16.0 Å². The monoisotopic (exact) mass is 276 g/mol. The summed E-state index contributed by atoms with van der Waals surface area (Å²) in [6.45, 7) is 4.39. The molecule has 0 bridgehead atoms. The molecule has 5 nitrogen and oxygen atoms in total. The third-order valence-corrected chi connectivity index (χ3v) is 3.21. The molecule has 1 aliphatic rings. The van der Waals surface area contributed by atoms with Gasteiger partial charge in [0.15, 0.2) is 0 Å². The fraction of sp³-hybridized carbons (Fsp3) is 0.467. The molecule has 2 amide bonds. The SMILES string of the molecule is CCCc1cccc(N2CC(CNC(C)=O)OC2=O)c1. The van der Waals surface area contributed by atoms with Crippen molar-refractivity contribution in [2.75, 3.05) is 18.0 Å². The highest BCUT2D eigenvalue weighted by atomic mass is 16.6. The standard InChI is InChI=1S/C15H20N2O3/c1-3-5-12-6-4-7-13(8-12)17-10-14(20-15(17)19)9-16-11(2)18/h4,6-8,14H,3,5,9-10H2,1-2H3,(H,16,18). The van der Waals surface area contributed by atoms with Gasteiger partial charge >= 0.3 is 6.09 Å². The summed E-state index contributed by atoms with van der Waals surface area (Å²) in [5, 5.41) is 2.67. The number of carbonyl (C=O) groups is 2. The van der Waals surface area contributed by atoms with E-state index in [9.17, 15) is 9.59 Å². The molecule has 1 aromatic carbocycles. The summed E-state index contributed by atoms with van der Waals surface area (Å²) in [4.78, 5) is 24.4. The van der Waals surface area contributed by atoms with Crippen LogP contribution in [0.15, 0.2) is 24.3 Å². The first-order valence-corrected chi connectivity index (χ1v) is 6.91. The molecule has 0 aromatic heterocycles. The van der Waals surface area contributed by atoms with E-state index in [1.54, 1.807) is 4.90 Å². The lowest BCUT2D eigenvalue weighted by molar-refractivity contribution is -0.119. The summed E-state index contributed by atoms with van der Waals surface area (Å²) < 4.78 is 5.25. The van der Waals surface area contributed by atoms with Gasteiger partial charge in [-0.3, -0.25) is 9.69 Å². The molecule has 1 fully saturated rings. The molecule has 1 atom stereocenters. The van der Waals surface area contributed by atoms with Crippen LogP contribution < -0.4 is 10.2 Å². The summed E-state index contributed by atoms with van der Waals surface area (Å²) in [6.07, 6.45) is 1.42. The Labute approximate surface area is 118 Å². The zero-order valence-electron chi connectivity index (χ0n) is 11.9. The molecule has 0 radical (unpaired) electrons. The maximum atomic E-state index is 11.9. The van der Waals surface area contributed by atoms with Crippen molar-refractivity contribution in [3.05, 3.63) is 29.8 Å². The first-order valence-electron chi connectivity index (χ1n) is 6.91. The zero-order chi connectivity index (χ0) is 14.5. The number of aryl methyl sites for hydroxylation is 1. The fourth-order valence-corrected chi connectivity index (χ4v) is 2.26. The van der Waals surface area contributed by atoms with Gasteiger partial charge in [0.25, 0.3) is 0 Å². The average Bonchev–Trinajstić information content (AvgIpc) is 2.78.